The molecule has 0 saturated carbocycles. The maximum atomic E-state index is 13.0. The fraction of sp³-hybridized carbons (Fsp3) is 0.700. The van der Waals surface area contributed by atoms with Crippen molar-refractivity contribution in [1.29, 1.82) is 0 Å². The molecule has 0 spiro atoms. The first-order valence-corrected chi connectivity index (χ1v) is 9.82. The van der Waals surface area contributed by atoms with E-state index in [1.807, 2.05) is 20.8 Å². The van der Waals surface area contributed by atoms with Gasteiger partial charge in [0, 0.05) is 32.8 Å². The second kappa shape index (κ2) is 10.8. The van der Waals surface area contributed by atoms with Crippen LogP contribution in [-0.2, 0) is 19.2 Å². The predicted molar refractivity (Wildman–Crippen MR) is 107 cm³/mol. The second-order valence-corrected chi connectivity index (χ2v) is 7.60. The van der Waals surface area contributed by atoms with Crippen molar-refractivity contribution in [1.82, 2.24) is 20.0 Å². The summed E-state index contributed by atoms with van der Waals surface area (Å²) < 4.78 is 0. The molecule has 1 heterocycles. The van der Waals surface area contributed by atoms with E-state index in [0.29, 0.717) is 31.5 Å². The SMILES string of the molecule is CCN(C)C(=O)[C@@H]1CCCN1C(=O)C(C)=C[C@H](C(C)C)N(C)C(=O)CNC=O. The van der Waals surface area contributed by atoms with Crippen LogP contribution in [0.2, 0.25) is 0 Å². The van der Waals surface area contributed by atoms with Crippen LogP contribution in [0.5, 0.6) is 0 Å². The Kier molecular flexibility index (Phi) is 9.15. The zero-order valence-corrected chi connectivity index (χ0v) is 17.9. The van der Waals surface area contributed by atoms with Crippen LogP contribution < -0.4 is 5.32 Å². The maximum absolute atomic E-state index is 13.0. The molecule has 8 nitrogen and oxygen atoms in total. The van der Waals surface area contributed by atoms with Crippen LogP contribution >= 0.6 is 0 Å². The fourth-order valence-corrected chi connectivity index (χ4v) is 3.40. The molecule has 1 aliphatic heterocycles. The minimum atomic E-state index is -0.422. The quantitative estimate of drug-likeness (QED) is 0.459. The number of carbonyl (C=O) groups is 4. The molecule has 28 heavy (non-hydrogen) atoms. The van der Waals surface area contributed by atoms with Gasteiger partial charge < -0.3 is 20.0 Å². The third-order valence-corrected chi connectivity index (χ3v) is 5.27. The summed E-state index contributed by atoms with van der Waals surface area (Å²) in [5.41, 5.74) is 0.514. The van der Waals surface area contributed by atoms with Crippen LogP contribution in [0, 0.1) is 5.92 Å². The number of likely N-dealkylation sites (tertiary alicyclic amines) is 1. The van der Waals surface area contributed by atoms with Gasteiger partial charge in [0.2, 0.25) is 24.1 Å². The topological polar surface area (TPSA) is 90.0 Å². The number of hydrogen-bond donors (Lipinski definition) is 1. The summed E-state index contributed by atoms with van der Waals surface area (Å²) >= 11 is 0. The number of carbonyl (C=O) groups excluding carboxylic acids is 4. The van der Waals surface area contributed by atoms with Gasteiger partial charge >= 0.3 is 0 Å². The maximum Gasteiger partial charge on any atom is 0.249 e. The minimum absolute atomic E-state index is 0.0335. The average molecular weight is 395 g/mol. The molecule has 1 fully saturated rings. The highest BCUT2D eigenvalue weighted by atomic mass is 16.2. The van der Waals surface area contributed by atoms with Crippen LogP contribution in [-0.4, -0.2) is 84.6 Å². The van der Waals surface area contributed by atoms with Crippen molar-refractivity contribution >= 4 is 24.1 Å². The van der Waals surface area contributed by atoms with E-state index < -0.39 is 6.04 Å². The van der Waals surface area contributed by atoms with Crippen molar-refractivity contribution in [3.63, 3.8) is 0 Å². The molecule has 4 amide bonds. The van der Waals surface area contributed by atoms with Crippen LogP contribution in [0.25, 0.3) is 0 Å². The summed E-state index contributed by atoms with van der Waals surface area (Å²) in [6, 6.07) is -0.713. The molecule has 158 valence electrons. The second-order valence-electron chi connectivity index (χ2n) is 7.60. The van der Waals surface area contributed by atoms with Crippen molar-refractivity contribution in [3.05, 3.63) is 11.6 Å². The predicted octanol–water partition coefficient (Wildman–Crippen LogP) is 0.631. The van der Waals surface area contributed by atoms with E-state index in [-0.39, 0.29) is 36.2 Å². The first kappa shape index (κ1) is 23.7. The van der Waals surface area contributed by atoms with Gasteiger partial charge in [-0.25, -0.2) is 0 Å². The van der Waals surface area contributed by atoms with Gasteiger partial charge in [0.15, 0.2) is 0 Å². The van der Waals surface area contributed by atoms with Gasteiger partial charge in [-0.2, -0.15) is 0 Å². The number of nitrogens with one attached hydrogen (secondary N) is 1. The number of rotatable bonds is 9. The van der Waals surface area contributed by atoms with Gasteiger partial charge in [-0.3, -0.25) is 19.2 Å². The van der Waals surface area contributed by atoms with Gasteiger partial charge in [0.25, 0.3) is 0 Å². The third kappa shape index (κ3) is 5.81. The van der Waals surface area contributed by atoms with Crippen molar-refractivity contribution in [2.75, 3.05) is 33.7 Å². The van der Waals surface area contributed by atoms with E-state index in [1.54, 1.807) is 36.9 Å². The summed E-state index contributed by atoms with van der Waals surface area (Å²) in [6.07, 6.45) is 3.75. The lowest BCUT2D eigenvalue weighted by Crippen LogP contribution is -2.47. The third-order valence-electron chi connectivity index (χ3n) is 5.27. The normalized spacial score (nSPS) is 18.0. The number of nitrogens with zero attached hydrogens (tertiary/aromatic N) is 3. The van der Waals surface area contributed by atoms with Gasteiger partial charge in [-0.1, -0.05) is 19.9 Å². The van der Waals surface area contributed by atoms with Crippen molar-refractivity contribution < 1.29 is 19.2 Å². The molecule has 1 aliphatic rings. The zero-order chi connectivity index (χ0) is 21.4. The molecule has 8 heteroatoms. The molecule has 0 unspecified atom stereocenters. The molecule has 0 aromatic rings. The van der Waals surface area contributed by atoms with E-state index in [1.165, 1.54) is 4.90 Å². The molecule has 0 aliphatic carbocycles. The molecule has 0 aromatic heterocycles. The Morgan fingerprint density at radius 2 is 1.89 bits per heavy atom. The molecular weight excluding hydrogens is 360 g/mol. The lowest BCUT2D eigenvalue weighted by atomic mass is 9.99. The van der Waals surface area contributed by atoms with Gasteiger partial charge in [0.05, 0.1) is 12.6 Å². The summed E-state index contributed by atoms with van der Waals surface area (Å²) in [5, 5.41) is 2.37. The van der Waals surface area contributed by atoms with Crippen LogP contribution in [0.15, 0.2) is 11.6 Å². The molecule has 1 rings (SSSR count). The highest BCUT2D eigenvalue weighted by Crippen LogP contribution is 2.22. The van der Waals surface area contributed by atoms with E-state index in [9.17, 15) is 19.2 Å². The monoisotopic (exact) mass is 394 g/mol. The Morgan fingerprint density at radius 1 is 1.25 bits per heavy atom. The Bertz CT molecular complexity index is 617. The fourth-order valence-electron chi connectivity index (χ4n) is 3.40. The van der Waals surface area contributed by atoms with Crippen molar-refractivity contribution in [2.24, 2.45) is 5.92 Å². The summed E-state index contributed by atoms with van der Waals surface area (Å²) in [5.74, 6) is -0.358. The lowest BCUT2D eigenvalue weighted by Gasteiger charge is -2.31. The van der Waals surface area contributed by atoms with Crippen LogP contribution in [0.1, 0.15) is 40.5 Å². The highest BCUT2D eigenvalue weighted by molar-refractivity contribution is 5.97. The van der Waals surface area contributed by atoms with Crippen molar-refractivity contribution in [2.45, 2.75) is 52.6 Å². The lowest BCUT2D eigenvalue weighted by molar-refractivity contribution is -0.141. The highest BCUT2D eigenvalue weighted by Gasteiger charge is 2.36. The zero-order valence-electron chi connectivity index (χ0n) is 17.9. The Labute approximate surface area is 167 Å². The number of hydrogen-bond acceptors (Lipinski definition) is 4. The van der Waals surface area contributed by atoms with Gasteiger partial charge in [-0.15, -0.1) is 0 Å². The van der Waals surface area contributed by atoms with E-state index in [0.717, 1.165) is 6.42 Å². The summed E-state index contributed by atoms with van der Waals surface area (Å²) in [4.78, 5) is 53.1. The smallest absolute Gasteiger partial charge is 0.249 e. The molecule has 2 atom stereocenters. The Hall–Kier alpha value is -2.38. The molecule has 0 bridgehead atoms. The van der Waals surface area contributed by atoms with E-state index in [4.69, 9.17) is 0 Å². The molecule has 0 radical (unpaired) electrons. The molecule has 0 aromatic carbocycles. The Balaban J connectivity index is 2.98. The van der Waals surface area contributed by atoms with Gasteiger partial charge in [-0.05, 0) is 32.6 Å². The first-order chi connectivity index (χ1) is 13.1. The summed E-state index contributed by atoms with van der Waals surface area (Å²) in [7, 11) is 3.40. The Morgan fingerprint density at radius 3 is 2.43 bits per heavy atom. The molecule has 1 N–H and O–H groups in total. The minimum Gasteiger partial charge on any atom is -0.350 e. The van der Waals surface area contributed by atoms with Crippen LogP contribution in [0.3, 0.4) is 0 Å². The first-order valence-electron chi connectivity index (χ1n) is 9.82. The average Bonchev–Trinajstić information content (AvgIpc) is 3.16. The van der Waals surface area contributed by atoms with E-state index in [2.05, 4.69) is 5.32 Å². The van der Waals surface area contributed by atoms with E-state index >= 15 is 0 Å². The van der Waals surface area contributed by atoms with Crippen molar-refractivity contribution in [3.8, 4) is 0 Å². The van der Waals surface area contributed by atoms with Crippen LogP contribution in [0.4, 0.5) is 0 Å². The largest absolute Gasteiger partial charge is 0.350 e. The number of likely N-dealkylation sites (N-methyl/N-ethyl adjacent to an activating group) is 2. The summed E-state index contributed by atoms with van der Waals surface area (Å²) in [6.45, 7) is 8.64. The standard InChI is InChI=1S/C20H34N4O4/c1-7-22(5)20(28)16-9-8-10-24(16)19(27)15(4)11-17(14(2)3)23(6)18(26)12-21-13-25/h11,13-14,16-17H,7-10,12H2,1-6H3,(H,21,25)/t16-,17+/m0/s1. The number of amides is 4. The molecular formula is C20H34N4O4. The van der Waals surface area contributed by atoms with Gasteiger partial charge in [0.1, 0.15) is 6.04 Å². The molecule has 1 saturated heterocycles.